The molecule has 0 aliphatic carbocycles. The van der Waals surface area contributed by atoms with Crippen LogP contribution >= 0.6 is 0 Å². The molecule has 0 bridgehead atoms. The number of carbonyl (C=O) groups is 1. The van der Waals surface area contributed by atoms with E-state index in [0.29, 0.717) is 0 Å². The number of nitrogens with zero attached hydrogens (tertiary/aromatic N) is 1. The van der Waals surface area contributed by atoms with E-state index in [2.05, 4.69) is 0 Å². The van der Waals surface area contributed by atoms with E-state index < -0.39 is 0 Å². The minimum absolute atomic E-state index is 0.0692. The van der Waals surface area contributed by atoms with Crippen LogP contribution in [0.5, 0.6) is 0 Å². The van der Waals surface area contributed by atoms with Crippen molar-refractivity contribution in [2.75, 3.05) is 6.54 Å². The maximum atomic E-state index is 11.8. The summed E-state index contributed by atoms with van der Waals surface area (Å²) in [4.78, 5) is 13.7. The Morgan fingerprint density at radius 3 is 2.00 bits per heavy atom. The molecular formula is C10H22N2O. The molecule has 0 heterocycles. The normalized spacial score (nSPS) is 15.6. The predicted octanol–water partition coefficient (Wildman–Crippen LogP) is 1.23. The average molecular weight is 186 g/mol. The van der Waals surface area contributed by atoms with E-state index in [4.69, 9.17) is 5.73 Å². The van der Waals surface area contributed by atoms with Crippen molar-refractivity contribution in [1.29, 1.82) is 0 Å². The van der Waals surface area contributed by atoms with Crippen molar-refractivity contribution < 1.29 is 4.79 Å². The Hall–Kier alpha value is -0.570. The van der Waals surface area contributed by atoms with Gasteiger partial charge in [-0.1, -0.05) is 6.92 Å². The second-order valence-corrected chi connectivity index (χ2v) is 3.87. The zero-order valence-electron chi connectivity index (χ0n) is 9.37. The first-order valence-corrected chi connectivity index (χ1v) is 4.97. The van der Waals surface area contributed by atoms with Crippen molar-refractivity contribution in [3.63, 3.8) is 0 Å². The van der Waals surface area contributed by atoms with Crippen molar-refractivity contribution in [2.24, 2.45) is 11.7 Å². The summed E-state index contributed by atoms with van der Waals surface area (Å²) in [6.45, 7) is 10.6. The molecule has 1 amide bonds. The Bertz CT molecular complexity index is 166. The molecule has 0 aliphatic rings. The van der Waals surface area contributed by atoms with E-state index >= 15 is 0 Å². The molecule has 3 heteroatoms. The molecule has 0 fully saturated rings. The Morgan fingerprint density at radius 1 is 1.31 bits per heavy atom. The summed E-state index contributed by atoms with van der Waals surface area (Å²) in [5.74, 6) is 0.0786. The fraction of sp³-hybridized carbons (Fsp3) is 0.900. The van der Waals surface area contributed by atoms with Crippen molar-refractivity contribution in [3.05, 3.63) is 0 Å². The lowest BCUT2D eigenvalue weighted by Gasteiger charge is -2.29. The molecule has 0 saturated carbocycles. The van der Waals surface area contributed by atoms with E-state index in [1.807, 2.05) is 39.5 Å². The molecule has 2 unspecified atom stereocenters. The fourth-order valence-corrected chi connectivity index (χ4v) is 1.26. The number of carbonyl (C=O) groups excluding carboxylic acids is 1. The predicted molar refractivity (Wildman–Crippen MR) is 55.3 cm³/mol. The van der Waals surface area contributed by atoms with Crippen LogP contribution in [0, 0.1) is 5.92 Å². The fourth-order valence-electron chi connectivity index (χ4n) is 1.26. The molecule has 0 aromatic heterocycles. The first kappa shape index (κ1) is 12.4. The summed E-state index contributed by atoms with van der Waals surface area (Å²) in [5, 5.41) is 0. The number of rotatable bonds is 4. The maximum Gasteiger partial charge on any atom is 0.227 e. The summed E-state index contributed by atoms with van der Waals surface area (Å²) >= 11 is 0. The lowest BCUT2D eigenvalue weighted by atomic mass is 10.0. The van der Waals surface area contributed by atoms with Crippen molar-refractivity contribution >= 4 is 5.91 Å². The minimum Gasteiger partial charge on any atom is -0.340 e. The molecule has 0 rings (SSSR count). The third kappa shape index (κ3) is 3.35. The number of nitrogens with two attached hydrogens (primary N) is 1. The van der Waals surface area contributed by atoms with Crippen LogP contribution in [-0.2, 0) is 4.79 Å². The monoisotopic (exact) mass is 186 g/mol. The van der Waals surface area contributed by atoms with Gasteiger partial charge in [0, 0.05) is 18.6 Å². The van der Waals surface area contributed by atoms with Gasteiger partial charge < -0.3 is 10.6 Å². The summed E-state index contributed by atoms with van der Waals surface area (Å²) in [5.41, 5.74) is 5.68. The van der Waals surface area contributed by atoms with Gasteiger partial charge in [0.25, 0.3) is 0 Å². The Labute approximate surface area is 81.3 Å². The van der Waals surface area contributed by atoms with E-state index in [0.717, 1.165) is 6.54 Å². The maximum absolute atomic E-state index is 11.8. The molecule has 0 aliphatic heterocycles. The quantitative estimate of drug-likeness (QED) is 0.717. The second kappa shape index (κ2) is 5.22. The van der Waals surface area contributed by atoms with E-state index in [9.17, 15) is 4.79 Å². The first-order chi connectivity index (χ1) is 5.91. The van der Waals surface area contributed by atoms with Gasteiger partial charge in [0.15, 0.2) is 0 Å². The lowest BCUT2D eigenvalue weighted by Crippen LogP contribution is -2.44. The lowest BCUT2D eigenvalue weighted by molar-refractivity contribution is -0.136. The third-order valence-electron chi connectivity index (χ3n) is 2.43. The van der Waals surface area contributed by atoms with Gasteiger partial charge in [-0.15, -0.1) is 0 Å². The molecule has 13 heavy (non-hydrogen) atoms. The largest absolute Gasteiger partial charge is 0.340 e. The van der Waals surface area contributed by atoms with Crippen LogP contribution in [0.1, 0.15) is 34.6 Å². The van der Waals surface area contributed by atoms with Gasteiger partial charge in [-0.05, 0) is 27.7 Å². The zero-order valence-corrected chi connectivity index (χ0v) is 9.37. The highest BCUT2D eigenvalue weighted by atomic mass is 16.2. The molecule has 0 aromatic rings. The molecular weight excluding hydrogens is 164 g/mol. The van der Waals surface area contributed by atoms with Crippen molar-refractivity contribution in [2.45, 2.75) is 46.7 Å². The van der Waals surface area contributed by atoms with Crippen LogP contribution in [0.25, 0.3) is 0 Å². The topological polar surface area (TPSA) is 46.3 Å². The molecule has 78 valence electrons. The van der Waals surface area contributed by atoms with Crippen LogP contribution in [0.4, 0.5) is 0 Å². The van der Waals surface area contributed by atoms with Gasteiger partial charge in [0.05, 0.1) is 5.92 Å². The molecule has 2 atom stereocenters. The third-order valence-corrected chi connectivity index (χ3v) is 2.43. The zero-order chi connectivity index (χ0) is 10.6. The van der Waals surface area contributed by atoms with Crippen LogP contribution in [0.15, 0.2) is 0 Å². The molecule has 0 spiro atoms. The van der Waals surface area contributed by atoms with Crippen LogP contribution in [-0.4, -0.2) is 29.4 Å². The standard InChI is InChI=1S/C10H22N2O/c1-6-12(7(2)3)10(13)8(4)9(5)11/h7-9H,6,11H2,1-5H3. The van der Waals surface area contributed by atoms with Gasteiger partial charge in [0.2, 0.25) is 5.91 Å². The molecule has 0 aromatic carbocycles. The molecule has 2 N–H and O–H groups in total. The van der Waals surface area contributed by atoms with E-state index in [-0.39, 0.29) is 23.9 Å². The number of hydrogen-bond donors (Lipinski definition) is 1. The van der Waals surface area contributed by atoms with Gasteiger partial charge in [-0.3, -0.25) is 4.79 Å². The second-order valence-electron chi connectivity index (χ2n) is 3.87. The SMILES string of the molecule is CCN(C(=O)C(C)C(C)N)C(C)C. The summed E-state index contributed by atoms with van der Waals surface area (Å²) in [6, 6.07) is 0.194. The summed E-state index contributed by atoms with van der Waals surface area (Å²) in [6.07, 6.45) is 0. The molecule has 0 radical (unpaired) electrons. The van der Waals surface area contributed by atoms with E-state index in [1.54, 1.807) is 0 Å². The van der Waals surface area contributed by atoms with Crippen LogP contribution in [0.2, 0.25) is 0 Å². The molecule has 0 saturated heterocycles. The van der Waals surface area contributed by atoms with Gasteiger partial charge in [-0.2, -0.15) is 0 Å². The highest BCUT2D eigenvalue weighted by Gasteiger charge is 2.23. The minimum atomic E-state index is -0.0812. The van der Waals surface area contributed by atoms with E-state index in [1.165, 1.54) is 0 Å². The number of hydrogen-bond acceptors (Lipinski definition) is 2. The number of amides is 1. The Morgan fingerprint density at radius 2 is 1.77 bits per heavy atom. The van der Waals surface area contributed by atoms with Crippen molar-refractivity contribution in [1.82, 2.24) is 4.90 Å². The Balaban J connectivity index is 4.37. The highest BCUT2D eigenvalue weighted by Crippen LogP contribution is 2.08. The van der Waals surface area contributed by atoms with Crippen LogP contribution in [0.3, 0.4) is 0 Å². The van der Waals surface area contributed by atoms with Crippen molar-refractivity contribution in [3.8, 4) is 0 Å². The Kier molecular flexibility index (Phi) is 4.99. The highest BCUT2D eigenvalue weighted by molar-refractivity contribution is 5.79. The molecule has 3 nitrogen and oxygen atoms in total. The first-order valence-electron chi connectivity index (χ1n) is 4.97. The summed E-state index contributed by atoms with van der Waals surface area (Å²) < 4.78 is 0. The van der Waals surface area contributed by atoms with Crippen LogP contribution < -0.4 is 5.73 Å². The van der Waals surface area contributed by atoms with Gasteiger partial charge in [0.1, 0.15) is 0 Å². The average Bonchev–Trinajstić information content (AvgIpc) is 2.03. The summed E-state index contributed by atoms with van der Waals surface area (Å²) in [7, 11) is 0. The smallest absolute Gasteiger partial charge is 0.227 e. The van der Waals surface area contributed by atoms with Gasteiger partial charge >= 0.3 is 0 Å². The van der Waals surface area contributed by atoms with Gasteiger partial charge in [-0.25, -0.2) is 0 Å².